The zero-order valence-corrected chi connectivity index (χ0v) is 8.20. The fraction of sp³-hybridized carbons (Fsp3) is 0.900. The Bertz CT molecular complexity index is 180. The lowest BCUT2D eigenvalue weighted by Crippen LogP contribution is -2.31. The number of hydrogen-bond acceptors (Lipinski definition) is 2. The van der Waals surface area contributed by atoms with Gasteiger partial charge in [-0.2, -0.15) is 0 Å². The molecule has 0 aromatic carbocycles. The van der Waals surface area contributed by atoms with Crippen LogP contribution in [-0.4, -0.2) is 17.1 Å². The standard InChI is InChI=1S/C10H19NO2/c1-7(11)6-8-4-2-3-5-9(8)10(12)13/h7-9H,2-6,11H2,1H3,(H,12,13). The van der Waals surface area contributed by atoms with Crippen molar-refractivity contribution in [3.05, 3.63) is 0 Å². The Hall–Kier alpha value is -0.570. The van der Waals surface area contributed by atoms with E-state index < -0.39 is 5.97 Å². The van der Waals surface area contributed by atoms with Crippen molar-refractivity contribution in [1.82, 2.24) is 0 Å². The molecule has 0 aromatic rings. The molecule has 1 saturated carbocycles. The van der Waals surface area contributed by atoms with E-state index in [2.05, 4.69) is 0 Å². The van der Waals surface area contributed by atoms with Gasteiger partial charge in [-0.15, -0.1) is 0 Å². The molecule has 0 heterocycles. The molecule has 1 aliphatic rings. The number of hydrogen-bond donors (Lipinski definition) is 2. The van der Waals surface area contributed by atoms with Gasteiger partial charge in [-0.3, -0.25) is 4.79 Å². The Morgan fingerprint density at radius 2 is 2.15 bits per heavy atom. The molecule has 1 fully saturated rings. The third kappa shape index (κ3) is 2.99. The van der Waals surface area contributed by atoms with Crippen molar-refractivity contribution < 1.29 is 9.90 Å². The van der Waals surface area contributed by atoms with E-state index in [0.717, 1.165) is 25.7 Å². The van der Waals surface area contributed by atoms with Crippen LogP contribution < -0.4 is 5.73 Å². The molecule has 3 N–H and O–H groups in total. The minimum absolute atomic E-state index is 0.130. The average molecular weight is 185 g/mol. The first-order valence-corrected chi connectivity index (χ1v) is 5.09. The first kappa shape index (κ1) is 10.5. The highest BCUT2D eigenvalue weighted by Gasteiger charge is 2.30. The zero-order chi connectivity index (χ0) is 9.84. The maximum Gasteiger partial charge on any atom is 0.306 e. The predicted molar refractivity (Wildman–Crippen MR) is 51.4 cm³/mol. The second kappa shape index (κ2) is 4.61. The van der Waals surface area contributed by atoms with Gasteiger partial charge in [0.2, 0.25) is 0 Å². The Balaban J connectivity index is 2.51. The first-order chi connectivity index (χ1) is 6.11. The van der Waals surface area contributed by atoms with Crippen LogP contribution >= 0.6 is 0 Å². The van der Waals surface area contributed by atoms with Crippen molar-refractivity contribution in [2.45, 2.75) is 45.1 Å². The average Bonchev–Trinajstić information content (AvgIpc) is 2.03. The summed E-state index contributed by atoms with van der Waals surface area (Å²) in [6.07, 6.45) is 4.97. The van der Waals surface area contributed by atoms with Crippen LogP contribution in [-0.2, 0) is 4.79 Å². The Morgan fingerprint density at radius 1 is 1.54 bits per heavy atom. The number of carbonyl (C=O) groups is 1. The molecule has 0 saturated heterocycles. The quantitative estimate of drug-likeness (QED) is 0.702. The second-order valence-electron chi connectivity index (χ2n) is 4.20. The maximum absolute atomic E-state index is 10.9. The Kier molecular flexibility index (Phi) is 3.72. The Labute approximate surface area is 79.3 Å². The molecule has 0 amide bonds. The van der Waals surface area contributed by atoms with Crippen molar-refractivity contribution in [3.8, 4) is 0 Å². The van der Waals surface area contributed by atoms with Crippen LogP contribution in [0, 0.1) is 11.8 Å². The SMILES string of the molecule is CC(N)CC1CCCCC1C(=O)O. The van der Waals surface area contributed by atoms with E-state index >= 15 is 0 Å². The zero-order valence-electron chi connectivity index (χ0n) is 8.20. The third-order valence-electron chi connectivity index (χ3n) is 2.90. The predicted octanol–water partition coefficient (Wildman–Crippen LogP) is 1.61. The summed E-state index contributed by atoms with van der Waals surface area (Å²) in [6, 6.07) is 0.130. The summed E-state index contributed by atoms with van der Waals surface area (Å²) in [6.45, 7) is 1.95. The molecular formula is C10H19NO2. The third-order valence-corrected chi connectivity index (χ3v) is 2.90. The highest BCUT2D eigenvalue weighted by Crippen LogP contribution is 2.32. The van der Waals surface area contributed by atoms with E-state index in [9.17, 15) is 4.79 Å². The summed E-state index contributed by atoms with van der Waals surface area (Å²) in [5.74, 6) is -0.462. The normalized spacial score (nSPS) is 31.2. The van der Waals surface area contributed by atoms with E-state index in [1.807, 2.05) is 6.92 Å². The van der Waals surface area contributed by atoms with E-state index in [0.29, 0.717) is 5.92 Å². The minimum Gasteiger partial charge on any atom is -0.481 e. The number of nitrogens with two attached hydrogens (primary N) is 1. The van der Waals surface area contributed by atoms with Crippen LogP contribution in [0.15, 0.2) is 0 Å². The molecule has 0 radical (unpaired) electrons. The summed E-state index contributed by atoms with van der Waals surface area (Å²) in [5, 5.41) is 8.98. The van der Waals surface area contributed by atoms with Crippen molar-refractivity contribution >= 4 is 5.97 Å². The van der Waals surface area contributed by atoms with Gasteiger partial charge in [-0.05, 0) is 32.1 Å². The van der Waals surface area contributed by atoms with Crippen LogP contribution in [0.3, 0.4) is 0 Å². The molecule has 1 aliphatic carbocycles. The van der Waals surface area contributed by atoms with Gasteiger partial charge >= 0.3 is 5.97 Å². The van der Waals surface area contributed by atoms with Crippen LogP contribution in [0.4, 0.5) is 0 Å². The van der Waals surface area contributed by atoms with Gasteiger partial charge < -0.3 is 10.8 Å². The van der Waals surface area contributed by atoms with Crippen LogP contribution in [0.2, 0.25) is 0 Å². The summed E-state index contributed by atoms with van der Waals surface area (Å²) < 4.78 is 0. The van der Waals surface area contributed by atoms with Crippen molar-refractivity contribution in [2.75, 3.05) is 0 Å². The number of carboxylic acid groups (broad SMARTS) is 1. The summed E-state index contributed by atoms with van der Waals surface area (Å²) in [7, 11) is 0. The largest absolute Gasteiger partial charge is 0.481 e. The molecule has 13 heavy (non-hydrogen) atoms. The molecular weight excluding hydrogens is 166 g/mol. The van der Waals surface area contributed by atoms with Gasteiger partial charge in [0.25, 0.3) is 0 Å². The van der Waals surface area contributed by atoms with E-state index in [1.165, 1.54) is 6.42 Å². The maximum atomic E-state index is 10.9. The number of rotatable bonds is 3. The fourth-order valence-electron chi connectivity index (χ4n) is 2.29. The lowest BCUT2D eigenvalue weighted by Gasteiger charge is -2.29. The molecule has 0 aliphatic heterocycles. The highest BCUT2D eigenvalue weighted by atomic mass is 16.4. The molecule has 0 bridgehead atoms. The smallest absolute Gasteiger partial charge is 0.306 e. The van der Waals surface area contributed by atoms with Gasteiger partial charge in [-0.1, -0.05) is 12.8 Å². The molecule has 3 nitrogen and oxygen atoms in total. The molecule has 0 aromatic heterocycles. The highest BCUT2D eigenvalue weighted by molar-refractivity contribution is 5.70. The lowest BCUT2D eigenvalue weighted by atomic mass is 9.76. The van der Waals surface area contributed by atoms with Crippen LogP contribution in [0.5, 0.6) is 0 Å². The molecule has 3 heteroatoms. The van der Waals surface area contributed by atoms with Gasteiger partial charge in [0, 0.05) is 6.04 Å². The Morgan fingerprint density at radius 3 is 2.69 bits per heavy atom. The topological polar surface area (TPSA) is 63.3 Å². The fourth-order valence-corrected chi connectivity index (χ4v) is 2.29. The van der Waals surface area contributed by atoms with Gasteiger partial charge in [0.1, 0.15) is 0 Å². The van der Waals surface area contributed by atoms with Gasteiger partial charge in [0.05, 0.1) is 5.92 Å². The number of carboxylic acids is 1. The summed E-state index contributed by atoms with van der Waals surface area (Å²) in [4.78, 5) is 10.9. The van der Waals surface area contributed by atoms with Crippen LogP contribution in [0.1, 0.15) is 39.0 Å². The van der Waals surface area contributed by atoms with E-state index in [-0.39, 0.29) is 12.0 Å². The minimum atomic E-state index is -0.634. The first-order valence-electron chi connectivity index (χ1n) is 5.09. The lowest BCUT2D eigenvalue weighted by molar-refractivity contribution is -0.145. The van der Waals surface area contributed by atoms with Crippen molar-refractivity contribution in [3.63, 3.8) is 0 Å². The van der Waals surface area contributed by atoms with E-state index in [4.69, 9.17) is 10.8 Å². The molecule has 1 rings (SSSR count). The van der Waals surface area contributed by atoms with Gasteiger partial charge in [0.15, 0.2) is 0 Å². The van der Waals surface area contributed by atoms with Crippen LogP contribution in [0.25, 0.3) is 0 Å². The monoisotopic (exact) mass is 185 g/mol. The molecule has 76 valence electrons. The summed E-state index contributed by atoms with van der Waals surface area (Å²) >= 11 is 0. The van der Waals surface area contributed by atoms with Crippen molar-refractivity contribution in [2.24, 2.45) is 17.6 Å². The second-order valence-corrected chi connectivity index (χ2v) is 4.20. The van der Waals surface area contributed by atoms with E-state index in [1.54, 1.807) is 0 Å². The van der Waals surface area contributed by atoms with Gasteiger partial charge in [-0.25, -0.2) is 0 Å². The summed E-state index contributed by atoms with van der Waals surface area (Å²) in [5.41, 5.74) is 5.69. The molecule has 3 atom stereocenters. The molecule has 3 unspecified atom stereocenters. The molecule has 0 spiro atoms. The van der Waals surface area contributed by atoms with Crippen molar-refractivity contribution in [1.29, 1.82) is 0 Å². The number of aliphatic carboxylic acids is 1.